The van der Waals surface area contributed by atoms with Crippen LogP contribution in [0.1, 0.15) is 56.1 Å². The molecule has 1 unspecified atom stereocenters. The number of thiophene rings is 1. The van der Waals surface area contributed by atoms with Gasteiger partial charge in [0.15, 0.2) is 0 Å². The molecule has 2 rings (SSSR count). The maximum absolute atomic E-state index is 10.9. The first-order valence-corrected chi connectivity index (χ1v) is 8.00. The van der Waals surface area contributed by atoms with Crippen molar-refractivity contribution < 1.29 is 5.11 Å². The summed E-state index contributed by atoms with van der Waals surface area (Å²) in [7, 11) is 0. The number of hydrogen-bond donors (Lipinski definition) is 1. The Morgan fingerprint density at radius 1 is 1.33 bits per heavy atom. The zero-order valence-corrected chi connectivity index (χ0v) is 12.6. The van der Waals surface area contributed by atoms with Crippen molar-refractivity contribution in [1.82, 2.24) is 4.90 Å². The lowest BCUT2D eigenvalue weighted by Gasteiger charge is -2.44. The van der Waals surface area contributed by atoms with E-state index in [0.29, 0.717) is 0 Å². The van der Waals surface area contributed by atoms with Gasteiger partial charge in [0.25, 0.3) is 0 Å². The minimum Gasteiger partial charge on any atom is -0.386 e. The Hall–Kier alpha value is -0.380. The third kappa shape index (κ3) is 2.24. The molecule has 1 aromatic rings. The van der Waals surface area contributed by atoms with Crippen LogP contribution in [0.15, 0.2) is 11.4 Å². The molecule has 1 saturated carbocycles. The lowest BCUT2D eigenvalue weighted by Crippen LogP contribution is -2.51. The van der Waals surface area contributed by atoms with E-state index in [1.54, 1.807) is 11.3 Å². The van der Waals surface area contributed by atoms with E-state index in [9.17, 15) is 5.11 Å². The molecule has 1 aromatic heterocycles. The number of aryl methyl sites for hydroxylation is 1. The second-order valence-electron chi connectivity index (χ2n) is 5.32. The molecule has 0 amide bonds. The van der Waals surface area contributed by atoms with Gasteiger partial charge in [-0.3, -0.25) is 4.90 Å². The van der Waals surface area contributed by atoms with Gasteiger partial charge in [0.05, 0.1) is 11.6 Å². The van der Waals surface area contributed by atoms with Gasteiger partial charge in [-0.05, 0) is 49.9 Å². The normalized spacial score (nSPS) is 20.5. The first-order chi connectivity index (χ1) is 8.65. The van der Waals surface area contributed by atoms with Gasteiger partial charge in [0.1, 0.15) is 0 Å². The second kappa shape index (κ2) is 5.72. The molecule has 18 heavy (non-hydrogen) atoms. The summed E-state index contributed by atoms with van der Waals surface area (Å²) in [6.07, 6.45) is 4.43. The molecule has 1 heterocycles. The molecule has 102 valence electrons. The van der Waals surface area contributed by atoms with Gasteiger partial charge in [-0.15, -0.1) is 11.3 Å². The molecule has 1 aliphatic carbocycles. The Balaban J connectivity index is 2.33. The van der Waals surface area contributed by atoms with Crippen LogP contribution in [0.3, 0.4) is 0 Å². The maximum Gasteiger partial charge on any atom is 0.0984 e. The molecule has 1 fully saturated rings. The van der Waals surface area contributed by atoms with E-state index < -0.39 is 0 Å². The predicted octanol–water partition coefficient (Wildman–Crippen LogP) is 3.74. The maximum atomic E-state index is 10.9. The second-order valence-corrected chi connectivity index (χ2v) is 6.44. The summed E-state index contributed by atoms with van der Waals surface area (Å²) in [5, 5.41) is 13.0. The lowest BCUT2D eigenvalue weighted by atomic mass is 9.84. The fourth-order valence-electron chi connectivity index (χ4n) is 3.57. The molecule has 0 radical (unpaired) electrons. The van der Waals surface area contributed by atoms with Gasteiger partial charge in [-0.2, -0.15) is 0 Å². The van der Waals surface area contributed by atoms with Crippen molar-refractivity contribution in [3.63, 3.8) is 0 Å². The van der Waals surface area contributed by atoms with Crippen LogP contribution >= 0.6 is 11.3 Å². The van der Waals surface area contributed by atoms with Crippen LogP contribution < -0.4 is 0 Å². The number of nitrogens with zero attached hydrogens (tertiary/aromatic N) is 1. The van der Waals surface area contributed by atoms with Crippen LogP contribution in [-0.2, 0) is 0 Å². The quantitative estimate of drug-likeness (QED) is 0.878. The van der Waals surface area contributed by atoms with Crippen molar-refractivity contribution in [2.24, 2.45) is 0 Å². The smallest absolute Gasteiger partial charge is 0.0984 e. The average molecular weight is 267 g/mol. The summed E-state index contributed by atoms with van der Waals surface area (Å²) < 4.78 is 0. The largest absolute Gasteiger partial charge is 0.386 e. The standard InChI is InChI=1S/C15H25NOS/c1-4-16(5-2)15(9-6-7-10-15)14(17)13-8-11-18-12(13)3/h8,11,14,17H,4-7,9-10H2,1-3H3. The summed E-state index contributed by atoms with van der Waals surface area (Å²) in [6.45, 7) is 8.58. The van der Waals surface area contributed by atoms with Crippen molar-refractivity contribution in [1.29, 1.82) is 0 Å². The lowest BCUT2D eigenvalue weighted by molar-refractivity contribution is -0.0269. The molecular weight excluding hydrogens is 242 g/mol. The van der Waals surface area contributed by atoms with E-state index in [2.05, 4.69) is 37.1 Å². The highest BCUT2D eigenvalue weighted by molar-refractivity contribution is 7.10. The molecule has 1 N–H and O–H groups in total. The first-order valence-electron chi connectivity index (χ1n) is 7.12. The molecule has 0 bridgehead atoms. The number of rotatable bonds is 5. The Bertz CT molecular complexity index is 378. The highest BCUT2D eigenvalue weighted by atomic mass is 32.1. The van der Waals surface area contributed by atoms with Crippen LogP contribution in [0.2, 0.25) is 0 Å². The Morgan fingerprint density at radius 2 is 1.94 bits per heavy atom. The molecule has 0 aliphatic heterocycles. The van der Waals surface area contributed by atoms with Gasteiger partial charge < -0.3 is 5.11 Å². The van der Waals surface area contributed by atoms with Crippen molar-refractivity contribution in [2.45, 2.75) is 58.1 Å². The SMILES string of the molecule is CCN(CC)C1(C(O)c2ccsc2C)CCCC1. The highest BCUT2D eigenvalue weighted by Gasteiger charge is 2.45. The summed E-state index contributed by atoms with van der Waals surface area (Å²) >= 11 is 1.74. The van der Waals surface area contributed by atoms with Gasteiger partial charge >= 0.3 is 0 Å². The van der Waals surface area contributed by atoms with Gasteiger partial charge in [-0.25, -0.2) is 0 Å². The zero-order chi connectivity index (χ0) is 13.2. The van der Waals surface area contributed by atoms with Crippen molar-refractivity contribution in [3.05, 3.63) is 21.9 Å². The average Bonchev–Trinajstić information content (AvgIpc) is 3.00. The van der Waals surface area contributed by atoms with E-state index in [4.69, 9.17) is 0 Å². The van der Waals surface area contributed by atoms with Crippen LogP contribution in [0.4, 0.5) is 0 Å². The van der Waals surface area contributed by atoms with Crippen molar-refractivity contribution in [2.75, 3.05) is 13.1 Å². The Kier molecular flexibility index (Phi) is 4.46. The summed E-state index contributed by atoms with van der Waals surface area (Å²) in [4.78, 5) is 3.74. The van der Waals surface area contributed by atoms with Gasteiger partial charge in [0.2, 0.25) is 0 Å². The van der Waals surface area contributed by atoms with Crippen LogP contribution in [0.5, 0.6) is 0 Å². The fraction of sp³-hybridized carbons (Fsp3) is 0.733. The Labute approximate surface area is 115 Å². The van der Waals surface area contributed by atoms with E-state index >= 15 is 0 Å². The number of aliphatic hydroxyl groups is 1. The third-order valence-electron chi connectivity index (χ3n) is 4.57. The minimum atomic E-state index is -0.328. The topological polar surface area (TPSA) is 23.5 Å². The van der Waals surface area contributed by atoms with Crippen LogP contribution in [0.25, 0.3) is 0 Å². The predicted molar refractivity (Wildman–Crippen MR) is 78.1 cm³/mol. The van der Waals surface area contributed by atoms with E-state index in [1.807, 2.05) is 0 Å². The van der Waals surface area contributed by atoms with E-state index in [-0.39, 0.29) is 11.6 Å². The van der Waals surface area contributed by atoms with E-state index in [1.165, 1.54) is 17.7 Å². The molecule has 0 saturated heterocycles. The number of likely N-dealkylation sites (N-methyl/N-ethyl adjacent to an activating group) is 1. The monoisotopic (exact) mass is 267 g/mol. The molecule has 1 atom stereocenters. The first kappa shape index (κ1) is 14.0. The molecule has 0 spiro atoms. The van der Waals surface area contributed by atoms with Gasteiger partial charge in [-0.1, -0.05) is 26.7 Å². The van der Waals surface area contributed by atoms with E-state index in [0.717, 1.165) is 31.5 Å². The Morgan fingerprint density at radius 3 is 2.39 bits per heavy atom. The summed E-state index contributed by atoms with van der Waals surface area (Å²) in [6, 6.07) is 2.11. The highest BCUT2D eigenvalue weighted by Crippen LogP contribution is 2.45. The van der Waals surface area contributed by atoms with Crippen LogP contribution in [-0.4, -0.2) is 28.6 Å². The zero-order valence-electron chi connectivity index (χ0n) is 11.8. The minimum absolute atomic E-state index is 0.0185. The number of hydrogen-bond acceptors (Lipinski definition) is 3. The van der Waals surface area contributed by atoms with Crippen molar-refractivity contribution in [3.8, 4) is 0 Å². The molecule has 0 aromatic carbocycles. The van der Waals surface area contributed by atoms with Gasteiger partial charge in [0, 0.05) is 4.88 Å². The molecule has 1 aliphatic rings. The summed E-state index contributed by atoms with van der Waals surface area (Å²) in [5.41, 5.74) is 1.13. The molecular formula is C15H25NOS. The number of aliphatic hydroxyl groups excluding tert-OH is 1. The fourth-order valence-corrected chi connectivity index (χ4v) is 4.31. The van der Waals surface area contributed by atoms with Crippen LogP contribution in [0, 0.1) is 6.92 Å². The summed E-state index contributed by atoms with van der Waals surface area (Å²) in [5.74, 6) is 0. The van der Waals surface area contributed by atoms with Crippen molar-refractivity contribution >= 4 is 11.3 Å². The molecule has 3 heteroatoms. The molecule has 2 nitrogen and oxygen atoms in total. The third-order valence-corrected chi connectivity index (χ3v) is 5.43.